The number of carbonyl (C=O) groups excluding carboxylic acids is 2. The minimum Gasteiger partial charge on any atom is -0.396 e. The van der Waals surface area contributed by atoms with Crippen molar-refractivity contribution in [2.24, 2.45) is 5.41 Å². The van der Waals surface area contributed by atoms with Crippen LogP contribution < -0.4 is 5.32 Å². The fourth-order valence-electron chi connectivity index (χ4n) is 3.49. The second-order valence-electron chi connectivity index (χ2n) is 6.31. The summed E-state index contributed by atoms with van der Waals surface area (Å²) < 4.78 is 0. The molecule has 2 amide bonds. The first-order valence-corrected chi connectivity index (χ1v) is 7.74. The smallest absolute Gasteiger partial charge is 0.242 e. The SMILES string of the molecule is CC(=O)N1CCCC[C@@H]1C(=O)NCC1(CO)CCCC1. The molecule has 2 fully saturated rings. The van der Waals surface area contributed by atoms with Crippen molar-refractivity contribution < 1.29 is 14.7 Å². The highest BCUT2D eigenvalue weighted by Crippen LogP contribution is 2.37. The Bertz CT molecular complexity index is 364. The molecule has 1 saturated carbocycles. The molecule has 20 heavy (non-hydrogen) atoms. The molecule has 0 unspecified atom stereocenters. The number of nitrogens with zero attached hydrogens (tertiary/aromatic N) is 1. The maximum atomic E-state index is 12.3. The van der Waals surface area contributed by atoms with Gasteiger partial charge in [-0.15, -0.1) is 0 Å². The average molecular weight is 282 g/mol. The maximum absolute atomic E-state index is 12.3. The van der Waals surface area contributed by atoms with E-state index in [1.807, 2.05) is 0 Å². The minimum atomic E-state index is -0.321. The van der Waals surface area contributed by atoms with Gasteiger partial charge in [0.1, 0.15) is 6.04 Å². The van der Waals surface area contributed by atoms with Crippen molar-refractivity contribution in [3.63, 3.8) is 0 Å². The highest BCUT2D eigenvalue weighted by Gasteiger charge is 2.35. The van der Waals surface area contributed by atoms with E-state index in [1.54, 1.807) is 4.90 Å². The summed E-state index contributed by atoms with van der Waals surface area (Å²) in [7, 11) is 0. The third-order valence-electron chi connectivity index (χ3n) is 4.85. The van der Waals surface area contributed by atoms with Crippen molar-refractivity contribution in [3.8, 4) is 0 Å². The fourth-order valence-corrected chi connectivity index (χ4v) is 3.49. The van der Waals surface area contributed by atoms with Gasteiger partial charge in [-0.3, -0.25) is 9.59 Å². The summed E-state index contributed by atoms with van der Waals surface area (Å²) in [5.74, 6) is -0.0813. The summed E-state index contributed by atoms with van der Waals surface area (Å²) in [6.45, 7) is 2.87. The van der Waals surface area contributed by atoms with Gasteiger partial charge in [0.05, 0.1) is 6.61 Å². The highest BCUT2D eigenvalue weighted by molar-refractivity contribution is 5.87. The Labute approximate surface area is 120 Å². The van der Waals surface area contributed by atoms with Crippen LogP contribution in [0.4, 0.5) is 0 Å². The van der Waals surface area contributed by atoms with Crippen molar-refractivity contribution in [3.05, 3.63) is 0 Å². The van der Waals surface area contributed by atoms with Crippen LogP contribution in [0.3, 0.4) is 0 Å². The van der Waals surface area contributed by atoms with Crippen LogP contribution in [0.15, 0.2) is 0 Å². The van der Waals surface area contributed by atoms with E-state index in [-0.39, 0.29) is 29.9 Å². The number of aliphatic hydroxyl groups is 1. The van der Waals surface area contributed by atoms with E-state index in [4.69, 9.17) is 0 Å². The van der Waals surface area contributed by atoms with Gasteiger partial charge in [-0.1, -0.05) is 12.8 Å². The normalized spacial score (nSPS) is 25.5. The van der Waals surface area contributed by atoms with E-state index in [1.165, 1.54) is 6.92 Å². The maximum Gasteiger partial charge on any atom is 0.242 e. The van der Waals surface area contributed by atoms with Crippen molar-refractivity contribution in [2.75, 3.05) is 19.7 Å². The summed E-state index contributed by atoms with van der Waals surface area (Å²) >= 11 is 0. The van der Waals surface area contributed by atoms with Gasteiger partial charge in [0.2, 0.25) is 11.8 Å². The number of nitrogens with one attached hydrogen (secondary N) is 1. The van der Waals surface area contributed by atoms with Gasteiger partial charge in [0.25, 0.3) is 0 Å². The molecule has 0 radical (unpaired) electrons. The molecule has 2 N–H and O–H groups in total. The lowest BCUT2D eigenvalue weighted by Crippen LogP contribution is -2.53. The molecule has 5 nitrogen and oxygen atoms in total. The van der Waals surface area contributed by atoms with Gasteiger partial charge in [0, 0.05) is 25.4 Å². The van der Waals surface area contributed by atoms with E-state index in [9.17, 15) is 14.7 Å². The number of hydrogen-bond donors (Lipinski definition) is 2. The molecule has 1 aliphatic heterocycles. The number of likely N-dealkylation sites (tertiary alicyclic amines) is 1. The van der Waals surface area contributed by atoms with Crippen molar-refractivity contribution in [2.45, 2.75) is 57.9 Å². The molecule has 0 spiro atoms. The molecule has 2 aliphatic rings. The van der Waals surface area contributed by atoms with Gasteiger partial charge in [-0.25, -0.2) is 0 Å². The molecule has 0 aromatic carbocycles. The molecular formula is C15H26N2O3. The first-order chi connectivity index (χ1) is 9.58. The van der Waals surface area contributed by atoms with Crippen LogP contribution in [-0.4, -0.2) is 47.6 Å². The minimum absolute atomic E-state index is 0.0254. The Hall–Kier alpha value is -1.10. The van der Waals surface area contributed by atoms with E-state index < -0.39 is 0 Å². The summed E-state index contributed by atoms with van der Waals surface area (Å²) in [6.07, 6.45) is 6.92. The van der Waals surface area contributed by atoms with Gasteiger partial charge in [-0.2, -0.15) is 0 Å². The average Bonchev–Trinajstić information content (AvgIpc) is 2.94. The third-order valence-corrected chi connectivity index (χ3v) is 4.85. The summed E-state index contributed by atoms with van der Waals surface area (Å²) in [5.41, 5.74) is -0.134. The Morgan fingerprint density at radius 1 is 1.25 bits per heavy atom. The Morgan fingerprint density at radius 2 is 1.95 bits per heavy atom. The lowest BCUT2D eigenvalue weighted by atomic mass is 9.87. The van der Waals surface area contributed by atoms with Crippen molar-refractivity contribution >= 4 is 11.8 Å². The van der Waals surface area contributed by atoms with Crippen molar-refractivity contribution in [1.29, 1.82) is 0 Å². The van der Waals surface area contributed by atoms with E-state index in [2.05, 4.69) is 5.32 Å². The van der Waals surface area contributed by atoms with Gasteiger partial charge >= 0.3 is 0 Å². The quantitative estimate of drug-likeness (QED) is 0.810. The van der Waals surface area contributed by atoms with Crippen LogP contribution in [0.1, 0.15) is 51.9 Å². The lowest BCUT2D eigenvalue weighted by Gasteiger charge is -2.35. The number of aliphatic hydroxyl groups excluding tert-OH is 1. The summed E-state index contributed by atoms with van der Waals surface area (Å²) in [5, 5.41) is 12.5. The molecule has 0 aromatic heterocycles. The highest BCUT2D eigenvalue weighted by atomic mass is 16.3. The number of piperidine rings is 1. The first-order valence-electron chi connectivity index (χ1n) is 7.74. The van der Waals surface area contributed by atoms with Gasteiger partial charge < -0.3 is 15.3 Å². The Kier molecular flexibility index (Phi) is 5.02. The number of amides is 2. The lowest BCUT2D eigenvalue weighted by molar-refractivity contribution is -0.141. The van der Waals surface area contributed by atoms with E-state index in [0.717, 1.165) is 44.9 Å². The Morgan fingerprint density at radius 3 is 2.55 bits per heavy atom. The summed E-state index contributed by atoms with van der Waals surface area (Å²) in [4.78, 5) is 25.6. The molecular weight excluding hydrogens is 256 g/mol. The van der Waals surface area contributed by atoms with Crippen LogP contribution in [0, 0.1) is 5.41 Å². The van der Waals surface area contributed by atoms with Crippen LogP contribution >= 0.6 is 0 Å². The molecule has 1 atom stereocenters. The monoisotopic (exact) mass is 282 g/mol. The number of hydrogen-bond acceptors (Lipinski definition) is 3. The zero-order chi connectivity index (χ0) is 14.6. The zero-order valence-electron chi connectivity index (χ0n) is 12.4. The largest absolute Gasteiger partial charge is 0.396 e. The topological polar surface area (TPSA) is 69.6 Å². The second-order valence-corrected chi connectivity index (χ2v) is 6.31. The molecule has 2 rings (SSSR count). The molecule has 0 aromatic rings. The van der Waals surface area contributed by atoms with Crippen LogP contribution in [0.5, 0.6) is 0 Å². The fraction of sp³-hybridized carbons (Fsp3) is 0.867. The molecule has 5 heteroatoms. The van der Waals surface area contributed by atoms with Crippen LogP contribution in [0.25, 0.3) is 0 Å². The standard InChI is InChI=1S/C15H26N2O3/c1-12(19)17-9-5-2-6-13(17)14(20)16-10-15(11-18)7-3-4-8-15/h13,18H,2-11H2,1H3,(H,16,20)/t13-/m1/s1. The Balaban J connectivity index is 1.91. The number of rotatable bonds is 4. The van der Waals surface area contributed by atoms with Gasteiger partial charge in [0.15, 0.2) is 0 Å². The molecule has 114 valence electrons. The van der Waals surface area contributed by atoms with E-state index in [0.29, 0.717) is 13.1 Å². The number of carbonyl (C=O) groups is 2. The van der Waals surface area contributed by atoms with E-state index >= 15 is 0 Å². The molecule has 1 heterocycles. The zero-order valence-corrected chi connectivity index (χ0v) is 12.4. The molecule has 1 saturated heterocycles. The predicted molar refractivity (Wildman–Crippen MR) is 76.0 cm³/mol. The summed E-state index contributed by atoms with van der Waals surface area (Å²) in [6, 6.07) is -0.321. The van der Waals surface area contributed by atoms with Crippen LogP contribution in [0.2, 0.25) is 0 Å². The molecule has 0 bridgehead atoms. The predicted octanol–water partition coefficient (Wildman–Crippen LogP) is 1.06. The van der Waals surface area contributed by atoms with Crippen molar-refractivity contribution in [1.82, 2.24) is 10.2 Å². The third kappa shape index (κ3) is 3.32. The van der Waals surface area contributed by atoms with Crippen LogP contribution in [-0.2, 0) is 9.59 Å². The van der Waals surface area contributed by atoms with Gasteiger partial charge in [-0.05, 0) is 32.1 Å². The second kappa shape index (κ2) is 6.57. The molecule has 1 aliphatic carbocycles. The first kappa shape index (κ1) is 15.3.